The highest BCUT2D eigenvalue weighted by molar-refractivity contribution is 5.95. The molecule has 11 nitrogen and oxygen atoms in total. The average Bonchev–Trinajstić information content (AvgIpc) is 2.99. The second kappa shape index (κ2) is 14.6. The molecule has 42 heavy (non-hydrogen) atoms. The van der Waals surface area contributed by atoms with Gasteiger partial charge in [-0.15, -0.1) is 0 Å². The van der Waals surface area contributed by atoms with E-state index in [1.165, 1.54) is 0 Å². The van der Waals surface area contributed by atoms with Crippen LogP contribution in [0.15, 0.2) is 66.9 Å². The van der Waals surface area contributed by atoms with Crippen LogP contribution in [0, 0.1) is 0 Å². The molecule has 2 aliphatic heterocycles. The summed E-state index contributed by atoms with van der Waals surface area (Å²) in [7, 11) is 1.60. The predicted octanol–water partition coefficient (Wildman–Crippen LogP) is 3.10. The van der Waals surface area contributed by atoms with Crippen LogP contribution in [0.1, 0.15) is 28.0 Å². The normalized spacial score (nSPS) is 20.0. The molecule has 1 fully saturated rings. The fraction of sp³-hybridized carbons (Fsp3) is 0.387. The van der Waals surface area contributed by atoms with Crippen LogP contribution in [0.25, 0.3) is 0 Å². The number of nitrogens with zero attached hydrogens (tertiary/aromatic N) is 2. The Labute approximate surface area is 245 Å². The number of urea groups is 1. The number of hydrogen-bond acceptors (Lipinski definition) is 8. The number of rotatable bonds is 6. The molecule has 1 aromatic heterocycles. The van der Waals surface area contributed by atoms with Crippen molar-refractivity contribution in [2.45, 2.75) is 31.7 Å². The number of fused-ring (bicyclic) bond motifs is 5. The van der Waals surface area contributed by atoms with Gasteiger partial charge in [0.1, 0.15) is 23.9 Å². The third-order valence-corrected chi connectivity index (χ3v) is 7.06. The molecule has 0 aliphatic carbocycles. The van der Waals surface area contributed by atoms with Crippen molar-refractivity contribution in [3.63, 3.8) is 0 Å². The van der Waals surface area contributed by atoms with Gasteiger partial charge in [0, 0.05) is 57.7 Å². The molecule has 4 bridgehead atoms. The van der Waals surface area contributed by atoms with E-state index >= 15 is 0 Å². The van der Waals surface area contributed by atoms with E-state index in [4.69, 9.17) is 18.9 Å². The average molecular weight is 576 g/mol. The van der Waals surface area contributed by atoms with E-state index in [2.05, 4.69) is 25.8 Å². The van der Waals surface area contributed by atoms with E-state index in [-0.39, 0.29) is 37.2 Å². The molecule has 1 saturated heterocycles. The zero-order valence-corrected chi connectivity index (χ0v) is 23.7. The molecule has 11 heteroatoms. The largest absolute Gasteiger partial charge is 0.491 e. The third kappa shape index (κ3) is 8.41. The zero-order valence-electron chi connectivity index (χ0n) is 23.7. The van der Waals surface area contributed by atoms with E-state index in [1.54, 1.807) is 31.5 Å². The van der Waals surface area contributed by atoms with Crippen LogP contribution in [-0.2, 0) is 22.6 Å². The molecule has 3 heterocycles. The molecule has 2 aromatic carbocycles. The third-order valence-electron chi connectivity index (χ3n) is 7.06. The lowest BCUT2D eigenvalue weighted by Gasteiger charge is -2.38. The molecular weight excluding hydrogens is 538 g/mol. The Bertz CT molecular complexity index is 1340. The van der Waals surface area contributed by atoms with Gasteiger partial charge in [0.2, 0.25) is 0 Å². The second-order valence-electron chi connectivity index (χ2n) is 10.2. The first-order valence-electron chi connectivity index (χ1n) is 14.2. The number of amides is 3. The van der Waals surface area contributed by atoms with Crippen LogP contribution in [0.3, 0.4) is 0 Å². The number of nitrogens with one attached hydrogen (secondary N) is 3. The number of carbonyl (C=O) groups is 2. The lowest BCUT2D eigenvalue weighted by atomic mass is 10.0. The summed E-state index contributed by atoms with van der Waals surface area (Å²) in [6.45, 7) is 3.74. The zero-order chi connectivity index (χ0) is 29.1. The summed E-state index contributed by atoms with van der Waals surface area (Å²) in [5.74, 6) is 1.25. The monoisotopic (exact) mass is 575 g/mol. The number of likely N-dealkylation sites (tertiary alicyclic amines) is 1. The van der Waals surface area contributed by atoms with Gasteiger partial charge in [-0.3, -0.25) is 14.7 Å². The van der Waals surface area contributed by atoms with Crippen LogP contribution in [0.5, 0.6) is 17.2 Å². The molecule has 2 aliphatic rings. The minimum Gasteiger partial charge on any atom is -0.491 e. The van der Waals surface area contributed by atoms with Gasteiger partial charge in [-0.1, -0.05) is 18.2 Å². The quantitative estimate of drug-likeness (QED) is 0.384. The highest BCUT2D eigenvalue weighted by Gasteiger charge is 2.31. The lowest BCUT2D eigenvalue weighted by molar-refractivity contribution is -0.0306. The van der Waals surface area contributed by atoms with Crippen LogP contribution < -0.4 is 25.4 Å². The first-order valence-corrected chi connectivity index (χ1v) is 14.2. The first kappa shape index (κ1) is 29.3. The van der Waals surface area contributed by atoms with E-state index in [0.717, 1.165) is 24.2 Å². The summed E-state index contributed by atoms with van der Waals surface area (Å²) >= 11 is 0. The summed E-state index contributed by atoms with van der Waals surface area (Å²) in [4.78, 5) is 32.5. The number of carbonyl (C=O) groups excluding carboxylic acids is 2. The highest BCUT2D eigenvalue weighted by Crippen LogP contribution is 2.29. The van der Waals surface area contributed by atoms with Crippen molar-refractivity contribution in [1.29, 1.82) is 0 Å². The summed E-state index contributed by atoms with van der Waals surface area (Å²) in [5.41, 5.74) is 2.29. The summed E-state index contributed by atoms with van der Waals surface area (Å²) in [6, 6.07) is 18.1. The number of ether oxygens (including phenoxy) is 4. The number of aromatic nitrogens is 1. The van der Waals surface area contributed by atoms with Crippen molar-refractivity contribution >= 4 is 11.9 Å². The summed E-state index contributed by atoms with van der Waals surface area (Å²) in [6.07, 6.45) is 2.29. The van der Waals surface area contributed by atoms with Gasteiger partial charge in [0.25, 0.3) is 5.91 Å². The molecule has 3 amide bonds. The van der Waals surface area contributed by atoms with Gasteiger partial charge in [-0.2, -0.15) is 0 Å². The molecule has 5 rings (SSSR count). The van der Waals surface area contributed by atoms with Crippen molar-refractivity contribution < 1.29 is 28.5 Å². The number of benzene rings is 2. The van der Waals surface area contributed by atoms with Crippen molar-refractivity contribution in [2.24, 2.45) is 0 Å². The number of pyridine rings is 1. The van der Waals surface area contributed by atoms with Crippen LogP contribution in [-0.4, -0.2) is 80.5 Å². The highest BCUT2D eigenvalue weighted by atomic mass is 16.5. The van der Waals surface area contributed by atoms with Crippen LogP contribution in [0.2, 0.25) is 0 Å². The second-order valence-corrected chi connectivity index (χ2v) is 10.2. The molecule has 3 aromatic rings. The van der Waals surface area contributed by atoms with Crippen molar-refractivity contribution in [3.05, 3.63) is 83.7 Å². The van der Waals surface area contributed by atoms with Gasteiger partial charge in [0.15, 0.2) is 0 Å². The Kier molecular flexibility index (Phi) is 10.2. The maximum Gasteiger partial charge on any atom is 0.315 e. The lowest BCUT2D eigenvalue weighted by Crippen LogP contribution is -2.56. The van der Waals surface area contributed by atoms with Gasteiger partial charge < -0.3 is 34.9 Å². The maximum atomic E-state index is 13.0. The molecular formula is C31H37N5O6. The van der Waals surface area contributed by atoms with Gasteiger partial charge >= 0.3 is 6.03 Å². The standard InChI is InChI=1S/C31H37N5O6/c1-39-13-14-40-26-16-23-17-27(18-26)42-25-7-4-5-22(15-25)21-41-29-20-36(19-24-6-2-3-9-32-24)12-8-28(29)35-31(38)34-11-10-33-30(23)37/h2-7,9,15-18,28-29H,8,10-14,19-21H2,1H3,(H,33,37)(H2,34,35,38)/t28-,29-/m0/s1. The van der Waals surface area contributed by atoms with Crippen molar-refractivity contribution in [1.82, 2.24) is 25.8 Å². The minimum atomic E-state index is -0.303. The van der Waals surface area contributed by atoms with Crippen molar-refractivity contribution in [2.75, 3.05) is 46.5 Å². The Morgan fingerprint density at radius 3 is 2.76 bits per heavy atom. The molecule has 0 radical (unpaired) electrons. The fourth-order valence-corrected chi connectivity index (χ4v) is 4.98. The molecule has 222 valence electrons. The van der Waals surface area contributed by atoms with Crippen LogP contribution >= 0.6 is 0 Å². The van der Waals surface area contributed by atoms with Gasteiger partial charge in [0.05, 0.1) is 31.1 Å². The van der Waals surface area contributed by atoms with E-state index in [9.17, 15) is 9.59 Å². The number of hydrogen-bond donors (Lipinski definition) is 3. The molecule has 0 saturated carbocycles. The minimum absolute atomic E-state index is 0.172. The van der Waals surface area contributed by atoms with Crippen molar-refractivity contribution in [3.8, 4) is 17.2 Å². The Balaban J connectivity index is 1.35. The molecule has 0 spiro atoms. The Hall–Kier alpha value is -4.19. The van der Waals surface area contributed by atoms with Crippen LogP contribution in [0.4, 0.5) is 4.79 Å². The number of methoxy groups -OCH3 is 1. The molecule has 3 N–H and O–H groups in total. The van der Waals surface area contributed by atoms with Gasteiger partial charge in [-0.05, 0) is 48.4 Å². The first-order chi connectivity index (χ1) is 20.6. The maximum absolute atomic E-state index is 13.0. The molecule has 2 atom stereocenters. The van der Waals surface area contributed by atoms with E-state index < -0.39 is 0 Å². The predicted molar refractivity (Wildman–Crippen MR) is 156 cm³/mol. The Morgan fingerprint density at radius 2 is 1.90 bits per heavy atom. The SMILES string of the molecule is COCCOc1cc2cc(c1)C(=O)NCCNC(=O)N[C@H]1CCN(Cc3ccccn3)C[C@@H]1OCc1cccc(c1)O2. The number of piperidine rings is 1. The fourth-order valence-electron chi connectivity index (χ4n) is 4.98. The Morgan fingerprint density at radius 1 is 1.00 bits per heavy atom. The van der Waals surface area contributed by atoms with E-state index in [1.807, 2.05) is 42.5 Å². The summed E-state index contributed by atoms with van der Waals surface area (Å²) in [5, 5.41) is 8.77. The topological polar surface area (TPSA) is 123 Å². The summed E-state index contributed by atoms with van der Waals surface area (Å²) < 4.78 is 23.5. The molecule has 0 unspecified atom stereocenters. The smallest absolute Gasteiger partial charge is 0.315 e. The van der Waals surface area contributed by atoms with Gasteiger partial charge in [-0.25, -0.2) is 4.79 Å². The van der Waals surface area contributed by atoms with E-state index in [0.29, 0.717) is 55.7 Å².